The van der Waals surface area contributed by atoms with E-state index in [1.807, 2.05) is 6.07 Å². The van der Waals surface area contributed by atoms with E-state index in [2.05, 4.69) is 11.1 Å². The van der Waals surface area contributed by atoms with E-state index in [1.54, 1.807) is 42.8 Å². The van der Waals surface area contributed by atoms with E-state index in [-0.39, 0.29) is 5.69 Å². The van der Waals surface area contributed by atoms with E-state index in [9.17, 15) is 15.4 Å². The number of non-ortho nitro benzene ring substituents is 1. The third kappa shape index (κ3) is 3.84. The average molecular weight is 393 g/mol. The zero-order valence-electron chi connectivity index (χ0n) is 15.1. The molecule has 0 aliphatic heterocycles. The second kappa shape index (κ2) is 8.33. The summed E-state index contributed by atoms with van der Waals surface area (Å²) >= 11 is 1.29. The molecule has 1 aromatic heterocycles. The molecule has 0 fully saturated rings. The van der Waals surface area contributed by atoms with Crippen molar-refractivity contribution in [1.29, 1.82) is 5.26 Å². The van der Waals surface area contributed by atoms with Gasteiger partial charge < -0.3 is 9.47 Å². The smallest absolute Gasteiger partial charge is 0.270 e. The van der Waals surface area contributed by atoms with Crippen LogP contribution in [-0.4, -0.2) is 24.1 Å². The van der Waals surface area contributed by atoms with Crippen LogP contribution in [0.2, 0.25) is 0 Å². The number of rotatable bonds is 6. The number of benzene rings is 2. The van der Waals surface area contributed by atoms with E-state index in [4.69, 9.17) is 9.47 Å². The van der Waals surface area contributed by atoms with Gasteiger partial charge in [-0.15, -0.1) is 11.3 Å². The number of nitro groups is 1. The Kier molecular flexibility index (Phi) is 5.67. The number of methoxy groups -OCH3 is 2. The van der Waals surface area contributed by atoms with Crippen molar-refractivity contribution in [3.8, 4) is 28.8 Å². The fourth-order valence-corrected chi connectivity index (χ4v) is 3.43. The van der Waals surface area contributed by atoms with Gasteiger partial charge in [0.05, 0.1) is 30.4 Å². The third-order valence-electron chi connectivity index (χ3n) is 3.94. The van der Waals surface area contributed by atoms with Gasteiger partial charge in [0.25, 0.3) is 5.69 Å². The molecule has 0 spiro atoms. The fraction of sp³-hybridized carbons (Fsp3) is 0.100. The molecule has 8 heteroatoms. The highest BCUT2D eigenvalue weighted by molar-refractivity contribution is 7.11. The fourth-order valence-electron chi connectivity index (χ4n) is 2.63. The van der Waals surface area contributed by atoms with Gasteiger partial charge in [-0.05, 0) is 12.1 Å². The maximum absolute atomic E-state index is 11.0. The van der Waals surface area contributed by atoms with Crippen LogP contribution in [0.15, 0.2) is 47.8 Å². The monoisotopic (exact) mass is 393 g/mol. The number of ether oxygens (including phenoxy) is 2. The minimum atomic E-state index is -0.452. The highest BCUT2D eigenvalue weighted by Gasteiger charge is 2.14. The van der Waals surface area contributed by atoms with Gasteiger partial charge in [-0.2, -0.15) is 5.26 Å². The first-order chi connectivity index (χ1) is 13.6. The number of hydrogen-bond donors (Lipinski definition) is 0. The summed E-state index contributed by atoms with van der Waals surface area (Å²) in [6.07, 6.45) is 1.68. The third-order valence-corrected chi connectivity index (χ3v) is 4.82. The largest absolute Gasteiger partial charge is 0.493 e. The second-order valence-corrected chi connectivity index (χ2v) is 6.46. The number of allylic oxidation sites excluding steroid dienone is 1. The SMILES string of the molecule is COc1cccc(/C=C(\C#N)c2nc(-c3cccc([N+](=O)[O-])c3)cs2)c1OC. The van der Waals surface area contributed by atoms with Gasteiger partial charge in [0, 0.05) is 28.6 Å². The lowest BCUT2D eigenvalue weighted by Crippen LogP contribution is -1.93. The van der Waals surface area contributed by atoms with Crippen molar-refractivity contribution in [1.82, 2.24) is 4.98 Å². The molecule has 1 heterocycles. The Labute approximate surface area is 165 Å². The molecule has 28 heavy (non-hydrogen) atoms. The Balaban J connectivity index is 2.00. The van der Waals surface area contributed by atoms with Crippen LogP contribution in [0.25, 0.3) is 22.9 Å². The van der Waals surface area contributed by atoms with E-state index >= 15 is 0 Å². The summed E-state index contributed by atoms with van der Waals surface area (Å²) in [5.41, 5.74) is 2.22. The molecular formula is C20H15N3O4S. The molecule has 0 bridgehead atoms. The molecular weight excluding hydrogens is 378 g/mol. The number of para-hydroxylation sites is 1. The lowest BCUT2D eigenvalue weighted by Gasteiger charge is -2.10. The molecule has 0 unspecified atom stereocenters. The van der Waals surface area contributed by atoms with Crippen molar-refractivity contribution in [2.75, 3.05) is 14.2 Å². The van der Waals surface area contributed by atoms with E-state index in [0.717, 1.165) is 0 Å². The summed E-state index contributed by atoms with van der Waals surface area (Å²) in [5.74, 6) is 1.08. The van der Waals surface area contributed by atoms with E-state index in [0.29, 0.717) is 38.9 Å². The average Bonchev–Trinajstić information content (AvgIpc) is 3.21. The molecule has 0 saturated heterocycles. The van der Waals surface area contributed by atoms with Gasteiger partial charge in [0.1, 0.15) is 11.1 Å². The lowest BCUT2D eigenvalue weighted by atomic mass is 10.1. The molecule has 3 rings (SSSR count). The maximum Gasteiger partial charge on any atom is 0.270 e. The van der Waals surface area contributed by atoms with Crippen molar-refractivity contribution >= 4 is 28.7 Å². The normalized spacial score (nSPS) is 11.0. The van der Waals surface area contributed by atoms with Crippen LogP contribution in [0.5, 0.6) is 11.5 Å². The predicted octanol–water partition coefficient (Wildman–Crippen LogP) is 4.80. The molecule has 7 nitrogen and oxygen atoms in total. The summed E-state index contributed by atoms with van der Waals surface area (Å²) in [4.78, 5) is 15.0. The number of hydrogen-bond acceptors (Lipinski definition) is 7. The van der Waals surface area contributed by atoms with Crippen molar-refractivity contribution in [2.45, 2.75) is 0 Å². The molecule has 0 N–H and O–H groups in total. The predicted molar refractivity (Wildman–Crippen MR) is 107 cm³/mol. The number of nitriles is 1. The summed E-state index contributed by atoms with van der Waals surface area (Å²) in [7, 11) is 3.08. The van der Waals surface area contributed by atoms with Crippen LogP contribution in [0.4, 0.5) is 5.69 Å². The quantitative estimate of drug-likeness (QED) is 0.339. The van der Waals surface area contributed by atoms with Gasteiger partial charge in [0.15, 0.2) is 11.5 Å². The van der Waals surface area contributed by atoms with Crippen molar-refractivity contribution in [3.63, 3.8) is 0 Å². The zero-order valence-corrected chi connectivity index (χ0v) is 15.9. The molecule has 3 aromatic rings. The summed E-state index contributed by atoms with van der Waals surface area (Å²) in [6, 6.07) is 13.8. The Bertz CT molecular complexity index is 1100. The number of aromatic nitrogens is 1. The van der Waals surface area contributed by atoms with Gasteiger partial charge >= 0.3 is 0 Å². The number of nitro benzene ring substituents is 1. The van der Waals surface area contributed by atoms with Gasteiger partial charge in [-0.25, -0.2) is 4.98 Å². The second-order valence-electron chi connectivity index (χ2n) is 5.60. The minimum absolute atomic E-state index is 0.00999. The number of thiazole rings is 1. The van der Waals surface area contributed by atoms with Crippen LogP contribution in [0.1, 0.15) is 10.6 Å². The van der Waals surface area contributed by atoms with Crippen molar-refractivity contribution in [2.24, 2.45) is 0 Å². The highest BCUT2D eigenvalue weighted by atomic mass is 32.1. The molecule has 140 valence electrons. The molecule has 0 amide bonds. The standard InChI is InChI=1S/C20H15N3O4S/c1-26-18-8-4-6-14(19(18)27-2)9-15(11-21)20-22-17(12-28-20)13-5-3-7-16(10-13)23(24)25/h3-10,12H,1-2H3/b15-9+. The Hall–Kier alpha value is -3.70. The molecule has 2 aromatic carbocycles. The van der Waals surface area contributed by atoms with Gasteiger partial charge in [0.2, 0.25) is 0 Å². The Morgan fingerprint density at radius 3 is 2.71 bits per heavy atom. The zero-order chi connectivity index (χ0) is 20.1. The van der Waals surface area contributed by atoms with Crippen LogP contribution >= 0.6 is 11.3 Å². The molecule has 0 aliphatic carbocycles. The summed E-state index contributed by atoms with van der Waals surface area (Å²) in [5, 5.41) is 22.9. The first-order valence-corrected chi connectivity index (χ1v) is 8.99. The van der Waals surface area contributed by atoms with Crippen LogP contribution in [-0.2, 0) is 0 Å². The van der Waals surface area contributed by atoms with E-state index in [1.165, 1.54) is 30.6 Å². The van der Waals surface area contributed by atoms with Crippen LogP contribution in [0, 0.1) is 21.4 Å². The van der Waals surface area contributed by atoms with Gasteiger partial charge in [-0.1, -0.05) is 24.3 Å². The number of nitrogens with zero attached hydrogens (tertiary/aromatic N) is 3. The first kappa shape index (κ1) is 19.1. The molecule has 0 saturated carbocycles. The Morgan fingerprint density at radius 1 is 1.25 bits per heavy atom. The Morgan fingerprint density at radius 2 is 2.04 bits per heavy atom. The van der Waals surface area contributed by atoms with Crippen LogP contribution in [0.3, 0.4) is 0 Å². The summed E-state index contributed by atoms with van der Waals surface area (Å²) in [6.45, 7) is 0. The topological polar surface area (TPSA) is 98.3 Å². The van der Waals surface area contributed by atoms with Crippen LogP contribution < -0.4 is 9.47 Å². The lowest BCUT2D eigenvalue weighted by molar-refractivity contribution is -0.384. The van der Waals surface area contributed by atoms with Crippen molar-refractivity contribution in [3.05, 3.63) is 68.5 Å². The van der Waals surface area contributed by atoms with Gasteiger partial charge in [-0.3, -0.25) is 10.1 Å². The van der Waals surface area contributed by atoms with Crippen molar-refractivity contribution < 1.29 is 14.4 Å². The van der Waals surface area contributed by atoms with E-state index < -0.39 is 4.92 Å². The first-order valence-electron chi connectivity index (χ1n) is 8.11. The molecule has 0 aliphatic rings. The molecule has 0 radical (unpaired) electrons. The molecule has 0 atom stereocenters. The summed E-state index contributed by atoms with van der Waals surface area (Å²) < 4.78 is 10.7. The maximum atomic E-state index is 11.0. The highest BCUT2D eigenvalue weighted by Crippen LogP contribution is 2.34. The minimum Gasteiger partial charge on any atom is -0.493 e.